The average Bonchev–Trinajstić information content (AvgIpc) is 2.87. The molecule has 1 aromatic rings. The van der Waals surface area contributed by atoms with Crippen molar-refractivity contribution in [1.29, 1.82) is 5.26 Å². The van der Waals surface area contributed by atoms with Gasteiger partial charge in [0, 0.05) is 19.5 Å². The predicted molar refractivity (Wildman–Crippen MR) is 75.3 cm³/mol. The monoisotopic (exact) mass is 328 g/mol. The van der Waals surface area contributed by atoms with E-state index in [0.717, 1.165) is 0 Å². The van der Waals surface area contributed by atoms with Gasteiger partial charge in [0.1, 0.15) is 4.90 Å². The standard InChI is InChI=1S/C13H13ClN2O4S/c14-11-2-1-9(7-15)5-12(11)21(19,20)16-4-3-10(8-16)6-13(17)18/h1-2,5,10H,3-4,6,8H2,(H,17,18). The minimum atomic E-state index is -3.81. The molecule has 2 rings (SSSR count). The van der Waals surface area contributed by atoms with Crippen LogP contribution in [0, 0.1) is 17.2 Å². The van der Waals surface area contributed by atoms with Gasteiger partial charge in [-0.25, -0.2) is 8.42 Å². The fourth-order valence-corrected chi connectivity index (χ4v) is 4.37. The van der Waals surface area contributed by atoms with E-state index in [0.29, 0.717) is 6.42 Å². The summed E-state index contributed by atoms with van der Waals surface area (Å²) in [5.74, 6) is -1.14. The SMILES string of the molecule is N#Cc1ccc(Cl)c(S(=O)(=O)N2CCC(CC(=O)O)C2)c1. The molecule has 0 saturated carbocycles. The third-order valence-electron chi connectivity index (χ3n) is 3.39. The molecule has 21 heavy (non-hydrogen) atoms. The molecule has 0 radical (unpaired) electrons. The largest absolute Gasteiger partial charge is 0.481 e. The van der Waals surface area contributed by atoms with Crippen molar-refractivity contribution < 1.29 is 18.3 Å². The van der Waals surface area contributed by atoms with Crippen LogP contribution < -0.4 is 0 Å². The molecule has 1 fully saturated rings. The van der Waals surface area contributed by atoms with E-state index in [-0.39, 0.29) is 40.9 Å². The molecule has 1 aliphatic rings. The Bertz CT molecular complexity index is 711. The molecule has 1 aromatic carbocycles. The van der Waals surface area contributed by atoms with Gasteiger partial charge in [-0.15, -0.1) is 0 Å². The quantitative estimate of drug-likeness (QED) is 0.907. The highest BCUT2D eigenvalue weighted by Gasteiger charge is 2.34. The van der Waals surface area contributed by atoms with Crippen LogP contribution in [0.2, 0.25) is 5.02 Å². The Kier molecular flexibility index (Phi) is 4.52. The Hall–Kier alpha value is -1.62. The maximum Gasteiger partial charge on any atom is 0.303 e. The average molecular weight is 329 g/mol. The summed E-state index contributed by atoms with van der Waals surface area (Å²) in [6.07, 6.45) is 0.444. The highest BCUT2D eigenvalue weighted by atomic mass is 35.5. The number of hydrogen-bond acceptors (Lipinski definition) is 4. The van der Waals surface area contributed by atoms with Crippen LogP contribution in [-0.4, -0.2) is 36.9 Å². The number of hydrogen-bond donors (Lipinski definition) is 1. The van der Waals surface area contributed by atoms with E-state index < -0.39 is 16.0 Å². The predicted octanol–water partition coefficient (Wildman–Crippen LogP) is 1.70. The lowest BCUT2D eigenvalue weighted by Crippen LogP contribution is -2.29. The van der Waals surface area contributed by atoms with E-state index in [1.807, 2.05) is 6.07 Å². The number of sulfonamides is 1. The lowest BCUT2D eigenvalue weighted by Gasteiger charge is -2.17. The van der Waals surface area contributed by atoms with Gasteiger partial charge in [0.15, 0.2) is 0 Å². The summed E-state index contributed by atoms with van der Waals surface area (Å²) in [7, 11) is -3.81. The van der Waals surface area contributed by atoms with Gasteiger partial charge in [0.05, 0.1) is 16.7 Å². The Morgan fingerprint density at radius 3 is 2.86 bits per heavy atom. The van der Waals surface area contributed by atoms with E-state index in [2.05, 4.69) is 0 Å². The van der Waals surface area contributed by atoms with Gasteiger partial charge in [-0.05, 0) is 30.5 Å². The van der Waals surface area contributed by atoms with Gasteiger partial charge in [-0.2, -0.15) is 9.57 Å². The maximum absolute atomic E-state index is 12.5. The van der Waals surface area contributed by atoms with Crippen molar-refractivity contribution in [3.63, 3.8) is 0 Å². The van der Waals surface area contributed by atoms with Crippen LogP contribution in [0.4, 0.5) is 0 Å². The first-order valence-corrected chi connectivity index (χ1v) is 8.08. The van der Waals surface area contributed by atoms with E-state index >= 15 is 0 Å². The molecular formula is C13H13ClN2O4S. The second-order valence-corrected chi connectivity index (χ2v) is 7.19. The van der Waals surface area contributed by atoms with Gasteiger partial charge < -0.3 is 5.11 Å². The van der Waals surface area contributed by atoms with Crippen LogP contribution in [0.25, 0.3) is 0 Å². The van der Waals surface area contributed by atoms with Crippen LogP contribution in [0.15, 0.2) is 23.1 Å². The van der Waals surface area contributed by atoms with Crippen molar-refractivity contribution in [2.24, 2.45) is 5.92 Å². The van der Waals surface area contributed by atoms with Crippen LogP contribution in [0.5, 0.6) is 0 Å². The number of benzene rings is 1. The Morgan fingerprint density at radius 2 is 2.24 bits per heavy atom. The van der Waals surface area contributed by atoms with Crippen molar-refractivity contribution in [2.45, 2.75) is 17.7 Å². The minimum Gasteiger partial charge on any atom is -0.481 e. The summed E-state index contributed by atoms with van der Waals surface area (Å²) >= 11 is 5.93. The summed E-state index contributed by atoms with van der Waals surface area (Å²) in [5, 5.41) is 17.7. The number of aliphatic carboxylic acids is 1. The first-order chi connectivity index (χ1) is 9.84. The molecule has 0 bridgehead atoms. The molecule has 0 amide bonds. The van der Waals surface area contributed by atoms with Gasteiger partial charge in [0.25, 0.3) is 0 Å². The molecule has 1 aliphatic heterocycles. The smallest absolute Gasteiger partial charge is 0.303 e. The molecule has 1 heterocycles. The van der Waals surface area contributed by atoms with Crippen molar-refractivity contribution in [1.82, 2.24) is 4.31 Å². The van der Waals surface area contributed by atoms with Gasteiger partial charge >= 0.3 is 5.97 Å². The van der Waals surface area contributed by atoms with E-state index in [1.165, 1.54) is 22.5 Å². The van der Waals surface area contributed by atoms with Crippen molar-refractivity contribution in [3.05, 3.63) is 28.8 Å². The van der Waals surface area contributed by atoms with Crippen LogP contribution in [-0.2, 0) is 14.8 Å². The number of carboxylic acids is 1. The first-order valence-electron chi connectivity index (χ1n) is 6.26. The summed E-state index contributed by atoms with van der Waals surface area (Å²) in [4.78, 5) is 10.6. The molecule has 1 saturated heterocycles. The first kappa shape index (κ1) is 15.8. The Labute approximate surface area is 127 Å². The second kappa shape index (κ2) is 6.02. The van der Waals surface area contributed by atoms with Crippen LogP contribution >= 0.6 is 11.6 Å². The van der Waals surface area contributed by atoms with Crippen LogP contribution in [0.3, 0.4) is 0 Å². The van der Waals surface area contributed by atoms with E-state index in [4.69, 9.17) is 22.0 Å². The van der Waals surface area contributed by atoms with Crippen molar-refractivity contribution >= 4 is 27.6 Å². The second-order valence-electron chi connectivity index (χ2n) is 4.87. The summed E-state index contributed by atoms with van der Waals surface area (Å²) in [5.41, 5.74) is 0.208. The number of nitrogens with zero attached hydrogens (tertiary/aromatic N) is 2. The molecule has 112 valence electrons. The fourth-order valence-electron chi connectivity index (χ4n) is 2.34. The third-order valence-corrected chi connectivity index (χ3v) is 5.74. The minimum absolute atomic E-state index is 0.0516. The summed E-state index contributed by atoms with van der Waals surface area (Å²) < 4.78 is 26.3. The number of carboxylic acid groups (broad SMARTS) is 1. The Morgan fingerprint density at radius 1 is 1.52 bits per heavy atom. The molecule has 0 aromatic heterocycles. The molecule has 0 aliphatic carbocycles. The van der Waals surface area contributed by atoms with Gasteiger partial charge in [-0.3, -0.25) is 4.79 Å². The van der Waals surface area contributed by atoms with Gasteiger partial charge in [0.2, 0.25) is 10.0 Å². The third kappa shape index (κ3) is 3.35. The maximum atomic E-state index is 12.5. The molecule has 1 unspecified atom stereocenters. The Balaban J connectivity index is 2.28. The summed E-state index contributed by atoms with van der Waals surface area (Å²) in [6.45, 7) is 0.412. The molecule has 0 spiro atoms. The van der Waals surface area contributed by atoms with E-state index in [1.54, 1.807) is 0 Å². The number of halogens is 1. The zero-order chi connectivity index (χ0) is 15.6. The molecule has 8 heteroatoms. The topological polar surface area (TPSA) is 98.5 Å². The molecule has 6 nitrogen and oxygen atoms in total. The normalized spacial score (nSPS) is 19.3. The van der Waals surface area contributed by atoms with Crippen molar-refractivity contribution in [3.8, 4) is 6.07 Å². The highest BCUT2D eigenvalue weighted by molar-refractivity contribution is 7.89. The van der Waals surface area contributed by atoms with Gasteiger partial charge in [-0.1, -0.05) is 11.6 Å². The lowest BCUT2D eigenvalue weighted by molar-refractivity contribution is -0.137. The zero-order valence-electron chi connectivity index (χ0n) is 11.0. The lowest BCUT2D eigenvalue weighted by atomic mass is 10.1. The molecule has 1 N–H and O–H groups in total. The summed E-state index contributed by atoms with van der Waals surface area (Å²) in [6, 6.07) is 5.93. The fraction of sp³-hybridized carbons (Fsp3) is 0.385. The zero-order valence-corrected chi connectivity index (χ0v) is 12.6. The number of nitriles is 1. The number of carbonyl (C=O) groups is 1. The molecule has 1 atom stereocenters. The van der Waals surface area contributed by atoms with Crippen molar-refractivity contribution in [2.75, 3.05) is 13.1 Å². The highest BCUT2D eigenvalue weighted by Crippen LogP contribution is 2.30. The van der Waals surface area contributed by atoms with E-state index in [9.17, 15) is 13.2 Å². The molecular weight excluding hydrogens is 316 g/mol. The number of rotatable bonds is 4. The van der Waals surface area contributed by atoms with Crippen LogP contribution in [0.1, 0.15) is 18.4 Å².